The van der Waals surface area contributed by atoms with E-state index in [0.717, 1.165) is 11.6 Å². The minimum absolute atomic E-state index is 0.162. The summed E-state index contributed by atoms with van der Waals surface area (Å²) in [6, 6.07) is 17.3. The SMILES string of the molecule is CC(C)CCC(C)NC(c1ccccc1)c1ccccn1. The molecule has 0 spiro atoms. The average molecular weight is 282 g/mol. The third kappa shape index (κ3) is 4.98. The van der Waals surface area contributed by atoms with E-state index >= 15 is 0 Å². The van der Waals surface area contributed by atoms with Crippen LogP contribution in [0.3, 0.4) is 0 Å². The van der Waals surface area contributed by atoms with Crippen LogP contribution in [0.5, 0.6) is 0 Å². The number of nitrogens with one attached hydrogen (secondary N) is 1. The van der Waals surface area contributed by atoms with E-state index in [1.165, 1.54) is 18.4 Å². The molecule has 21 heavy (non-hydrogen) atoms. The fraction of sp³-hybridized carbons (Fsp3) is 0.421. The van der Waals surface area contributed by atoms with E-state index in [2.05, 4.69) is 73.5 Å². The molecule has 2 atom stereocenters. The van der Waals surface area contributed by atoms with Gasteiger partial charge in [0.2, 0.25) is 0 Å². The summed E-state index contributed by atoms with van der Waals surface area (Å²) in [5.41, 5.74) is 2.35. The first kappa shape index (κ1) is 15.7. The summed E-state index contributed by atoms with van der Waals surface area (Å²) >= 11 is 0. The van der Waals surface area contributed by atoms with Gasteiger partial charge in [0.05, 0.1) is 11.7 Å². The molecule has 0 bridgehead atoms. The molecular formula is C19H26N2. The minimum atomic E-state index is 0.162. The van der Waals surface area contributed by atoms with Crippen LogP contribution in [0.25, 0.3) is 0 Å². The van der Waals surface area contributed by atoms with Crippen molar-refractivity contribution >= 4 is 0 Å². The Balaban J connectivity index is 2.13. The third-order valence-electron chi connectivity index (χ3n) is 3.74. The van der Waals surface area contributed by atoms with Crippen molar-refractivity contribution in [2.45, 2.75) is 45.7 Å². The molecule has 2 nitrogen and oxygen atoms in total. The quantitative estimate of drug-likeness (QED) is 0.803. The number of aromatic nitrogens is 1. The zero-order valence-corrected chi connectivity index (χ0v) is 13.3. The predicted molar refractivity (Wildman–Crippen MR) is 89.2 cm³/mol. The van der Waals surface area contributed by atoms with E-state index in [4.69, 9.17) is 0 Å². The Kier molecular flexibility index (Phi) is 5.94. The Morgan fingerprint density at radius 2 is 1.62 bits per heavy atom. The average Bonchev–Trinajstić information content (AvgIpc) is 2.52. The molecule has 1 heterocycles. The Bertz CT molecular complexity index is 468. The van der Waals surface area contributed by atoms with Crippen molar-refractivity contribution in [3.8, 4) is 0 Å². The first-order chi connectivity index (χ1) is 10.2. The number of benzene rings is 1. The number of rotatable bonds is 7. The summed E-state index contributed by atoms with van der Waals surface area (Å²) in [6.07, 6.45) is 4.30. The van der Waals surface area contributed by atoms with Gasteiger partial charge in [0.25, 0.3) is 0 Å². The van der Waals surface area contributed by atoms with Crippen LogP contribution in [-0.2, 0) is 0 Å². The summed E-state index contributed by atoms with van der Waals surface area (Å²) in [4.78, 5) is 4.54. The number of pyridine rings is 1. The molecule has 0 radical (unpaired) electrons. The number of hydrogen-bond donors (Lipinski definition) is 1. The fourth-order valence-electron chi connectivity index (χ4n) is 2.50. The van der Waals surface area contributed by atoms with Gasteiger partial charge in [-0.05, 0) is 43.4 Å². The number of nitrogens with zero attached hydrogens (tertiary/aromatic N) is 1. The van der Waals surface area contributed by atoms with E-state index < -0.39 is 0 Å². The Morgan fingerprint density at radius 3 is 2.24 bits per heavy atom. The first-order valence-corrected chi connectivity index (χ1v) is 7.88. The molecule has 0 aliphatic rings. The van der Waals surface area contributed by atoms with Gasteiger partial charge < -0.3 is 5.32 Å². The molecule has 112 valence electrons. The maximum atomic E-state index is 4.54. The van der Waals surface area contributed by atoms with Gasteiger partial charge in [-0.1, -0.05) is 50.2 Å². The second-order valence-corrected chi connectivity index (χ2v) is 6.14. The predicted octanol–water partition coefficient (Wildman–Crippen LogP) is 4.59. The summed E-state index contributed by atoms with van der Waals surface area (Å²) in [5, 5.41) is 3.74. The molecule has 1 aromatic heterocycles. The summed E-state index contributed by atoms with van der Waals surface area (Å²) in [5.74, 6) is 0.749. The molecule has 2 unspecified atom stereocenters. The van der Waals surface area contributed by atoms with E-state index in [9.17, 15) is 0 Å². The highest BCUT2D eigenvalue weighted by Crippen LogP contribution is 2.21. The van der Waals surface area contributed by atoms with Crippen LogP contribution >= 0.6 is 0 Å². The molecule has 1 N–H and O–H groups in total. The molecule has 0 fully saturated rings. The standard InChI is InChI=1S/C19H26N2/c1-15(2)12-13-16(3)21-19(17-9-5-4-6-10-17)18-11-7-8-14-20-18/h4-11,14-16,19,21H,12-13H2,1-3H3. The van der Waals surface area contributed by atoms with E-state index in [1.807, 2.05) is 12.3 Å². The fourth-order valence-corrected chi connectivity index (χ4v) is 2.50. The Hall–Kier alpha value is -1.67. The van der Waals surface area contributed by atoms with Gasteiger partial charge in [0, 0.05) is 12.2 Å². The summed E-state index contributed by atoms with van der Waals surface area (Å²) in [6.45, 7) is 6.82. The van der Waals surface area contributed by atoms with Crippen LogP contribution in [0.15, 0.2) is 54.7 Å². The van der Waals surface area contributed by atoms with Crippen molar-refractivity contribution in [1.82, 2.24) is 10.3 Å². The monoisotopic (exact) mass is 282 g/mol. The molecular weight excluding hydrogens is 256 g/mol. The van der Waals surface area contributed by atoms with Crippen molar-refractivity contribution in [1.29, 1.82) is 0 Å². The lowest BCUT2D eigenvalue weighted by Gasteiger charge is -2.24. The van der Waals surface area contributed by atoms with Crippen molar-refractivity contribution in [3.63, 3.8) is 0 Å². The molecule has 1 aromatic carbocycles. The third-order valence-corrected chi connectivity index (χ3v) is 3.74. The topological polar surface area (TPSA) is 24.9 Å². The summed E-state index contributed by atoms with van der Waals surface area (Å²) in [7, 11) is 0. The van der Waals surface area contributed by atoms with Crippen LogP contribution in [0.4, 0.5) is 0 Å². The molecule has 0 aliphatic carbocycles. The molecule has 2 rings (SSSR count). The van der Waals surface area contributed by atoms with Gasteiger partial charge in [-0.3, -0.25) is 4.98 Å². The van der Waals surface area contributed by atoms with Gasteiger partial charge in [-0.25, -0.2) is 0 Å². The lowest BCUT2D eigenvalue weighted by atomic mass is 9.99. The van der Waals surface area contributed by atoms with E-state index in [1.54, 1.807) is 0 Å². The van der Waals surface area contributed by atoms with Gasteiger partial charge in [0.1, 0.15) is 0 Å². The first-order valence-electron chi connectivity index (χ1n) is 7.88. The van der Waals surface area contributed by atoms with Gasteiger partial charge in [0.15, 0.2) is 0 Å². The zero-order valence-electron chi connectivity index (χ0n) is 13.3. The molecule has 0 saturated carbocycles. The van der Waals surface area contributed by atoms with Crippen molar-refractivity contribution in [2.75, 3.05) is 0 Å². The second kappa shape index (κ2) is 7.94. The summed E-state index contributed by atoms with van der Waals surface area (Å²) < 4.78 is 0. The molecule has 2 aromatic rings. The van der Waals surface area contributed by atoms with Gasteiger partial charge in [-0.2, -0.15) is 0 Å². The lowest BCUT2D eigenvalue weighted by Crippen LogP contribution is -2.32. The molecule has 0 amide bonds. The molecule has 0 saturated heterocycles. The highest BCUT2D eigenvalue weighted by molar-refractivity contribution is 5.27. The van der Waals surface area contributed by atoms with Crippen molar-refractivity contribution < 1.29 is 0 Å². The smallest absolute Gasteiger partial charge is 0.0753 e. The van der Waals surface area contributed by atoms with Crippen LogP contribution in [0.1, 0.15) is 50.9 Å². The molecule has 0 aliphatic heterocycles. The second-order valence-electron chi connectivity index (χ2n) is 6.14. The number of hydrogen-bond acceptors (Lipinski definition) is 2. The maximum Gasteiger partial charge on any atom is 0.0753 e. The van der Waals surface area contributed by atoms with Crippen LogP contribution in [0, 0.1) is 5.92 Å². The van der Waals surface area contributed by atoms with Gasteiger partial charge in [-0.15, -0.1) is 0 Å². The maximum absolute atomic E-state index is 4.54. The highest BCUT2D eigenvalue weighted by atomic mass is 15.0. The van der Waals surface area contributed by atoms with Crippen molar-refractivity contribution in [2.24, 2.45) is 5.92 Å². The van der Waals surface area contributed by atoms with E-state index in [-0.39, 0.29) is 6.04 Å². The highest BCUT2D eigenvalue weighted by Gasteiger charge is 2.17. The zero-order chi connectivity index (χ0) is 15.1. The van der Waals surface area contributed by atoms with Crippen molar-refractivity contribution in [3.05, 3.63) is 66.0 Å². The van der Waals surface area contributed by atoms with Crippen LogP contribution in [-0.4, -0.2) is 11.0 Å². The lowest BCUT2D eigenvalue weighted by molar-refractivity contribution is 0.424. The van der Waals surface area contributed by atoms with Gasteiger partial charge >= 0.3 is 0 Å². The van der Waals surface area contributed by atoms with Crippen LogP contribution < -0.4 is 5.32 Å². The largest absolute Gasteiger partial charge is 0.302 e. The normalized spacial score (nSPS) is 14.1. The van der Waals surface area contributed by atoms with E-state index in [0.29, 0.717) is 6.04 Å². The minimum Gasteiger partial charge on any atom is -0.302 e. The van der Waals surface area contributed by atoms with Crippen LogP contribution in [0.2, 0.25) is 0 Å². The Morgan fingerprint density at radius 1 is 0.905 bits per heavy atom. The molecule has 2 heteroatoms. The Labute approximate surface area is 128 Å².